The summed E-state index contributed by atoms with van der Waals surface area (Å²) in [5.74, 6) is 1.13. The zero-order valence-electron chi connectivity index (χ0n) is 8.53. The summed E-state index contributed by atoms with van der Waals surface area (Å²) in [5, 5.41) is 1.28. The van der Waals surface area contributed by atoms with Gasteiger partial charge in [-0.25, -0.2) is 0 Å². The van der Waals surface area contributed by atoms with Gasteiger partial charge >= 0.3 is 0 Å². The molecule has 0 spiro atoms. The highest BCUT2D eigenvalue weighted by Gasteiger charge is 2.09. The first kappa shape index (κ1) is 9.46. The highest BCUT2D eigenvalue weighted by Crippen LogP contribution is 2.28. The molecular formula is C11H14N2S. The Bertz CT molecular complexity index is 418. The summed E-state index contributed by atoms with van der Waals surface area (Å²) in [4.78, 5) is 2.29. The average Bonchev–Trinajstić information content (AvgIpc) is 2.65. The monoisotopic (exact) mass is 206 g/mol. The van der Waals surface area contributed by atoms with Crippen LogP contribution in [0.1, 0.15) is 13.8 Å². The smallest absolute Gasteiger partial charge is 0.150 e. The molecule has 1 aromatic carbocycles. The molecule has 2 aromatic rings. The second-order valence-corrected chi connectivity index (χ2v) is 3.98. The zero-order chi connectivity index (χ0) is 9.97. The fraction of sp³-hybridized carbons (Fsp3) is 0.364. The maximum absolute atomic E-state index is 4.50. The molecule has 0 unspecified atom stereocenters. The largest absolute Gasteiger partial charge is 0.356 e. The van der Waals surface area contributed by atoms with Gasteiger partial charge in [0.1, 0.15) is 5.82 Å². The maximum atomic E-state index is 4.50. The normalized spacial score (nSPS) is 10.7. The van der Waals surface area contributed by atoms with Gasteiger partial charge in [0.25, 0.3) is 0 Å². The minimum atomic E-state index is 1.02. The highest BCUT2D eigenvalue weighted by molar-refractivity contribution is 7.13. The van der Waals surface area contributed by atoms with Crippen molar-refractivity contribution in [2.24, 2.45) is 0 Å². The fourth-order valence-electron chi connectivity index (χ4n) is 1.62. The van der Waals surface area contributed by atoms with Gasteiger partial charge in [-0.05, 0) is 37.5 Å². The molecule has 0 saturated carbocycles. The van der Waals surface area contributed by atoms with Crippen molar-refractivity contribution in [3.63, 3.8) is 0 Å². The molecule has 0 aliphatic carbocycles. The molecule has 2 rings (SSSR count). The summed E-state index contributed by atoms with van der Waals surface area (Å²) in [6, 6.07) is 8.41. The van der Waals surface area contributed by atoms with Gasteiger partial charge in [-0.15, -0.1) is 0 Å². The molecule has 0 aliphatic rings. The lowest BCUT2D eigenvalue weighted by molar-refractivity contribution is 0.859. The molecule has 0 amide bonds. The first-order chi connectivity index (χ1) is 6.86. The number of benzene rings is 1. The average molecular weight is 206 g/mol. The quantitative estimate of drug-likeness (QED) is 0.767. The lowest BCUT2D eigenvalue weighted by atomic mass is 10.2. The van der Waals surface area contributed by atoms with Crippen molar-refractivity contribution in [1.29, 1.82) is 0 Å². The van der Waals surface area contributed by atoms with Gasteiger partial charge in [0.2, 0.25) is 0 Å². The standard InChI is InChI=1S/C11H14N2S/c1-3-13(4-2)11-9-7-5-6-8-10(9)14-12-11/h5-8H,3-4H2,1-2H3. The summed E-state index contributed by atoms with van der Waals surface area (Å²) in [7, 11) is 0. The Labute approximate surface area is 88.3 Å². The highest BCUT2D eigenvalue weighted by atomic mass is 32.1. The second-order valence-electron chi connectivity index (χ2n) is 3.17. The molecule has 3 heteroatoms. The van der Waals surface area contributed by atoms with E-state index < -0.39 is 0 Å². The van der Waals surface area contributed by atoms with Crippen molar-refractivity contribution in [2.75, 3.05) is 18.0 Å². The Morgan fingerprint density at radius 3 is 2.64 bits per heavy atom. The molecule has 1 aromatic heterocycles. The van der Waals surface area contributed by atoms with Crippen LogP contribution in [0.4, 0.5) is 5.82 Å². The Morgan fingerprint density at radius 2 is 1.93 bits per heavy atom. The molecule has 0 N–H and O–H groups in total. The summed E-state index contributed by atoms with van der Waals surface area (Å²) >= 11 is 1.58. The third-order valence-corrected chi connectivity index (χ3v) is 3.24. The van der Waals surface area contributed by atoms with Crippen LogP contribution < -0.4 is 4.90 Å². The number of hydrogen-bond acceptors (Lipinski definition) is 3. The third-order valence-electron chi connectivity index (χ3n) is 2.42. The summed E-state index contributed by atoms with van der Waals surface area (Å²) in [6.07, 6.45) is 0. The van der Waals surface area contributed by atoms with E-state index in [-0.39, 0.29) is 0 Å². The lowest BCUT2D eigenvalue weighted by Crippen LogP contribution is -2.22. The Morgan fingerprint density at radius 1 is 1.21 bits per heavy atom. The summed E-state index contributed by atoms with van der Waals surface area (Å²) in [6.45, 7) is 6.36. The fourth-order valence-corrected chi connectivity index (χ4v) is 2.42. The molecule has 74 valence electrons. The van der Waals surface area contributed by atoms with Gasteiger partial charge < -0.3 is 4.90 Å². The number of fused-ring (bicyclic) bond motifs is 1. The van der Waals surface area contributed by atoms with Crippen LogP contribution in [0.25, 0.3) is 10.1 Å². The van der Waals surface area contributed by atoms with E-state index in [9.17, 15) is 0 Å². The SMILES string of the molecule is CCN(CC)c1nsc2ccccc12. The molecule has 0 aliphatic heterocycles. The van der Waals surface area contributed by atoms with Crippen LogP contribution in [0, 0.1) is 0 Å². The Balaban J connectivity index is 2.51. The molecule has 0 saturated heterocycles. The lowest BCUT2D eigenvalue weighted by Gasteiger charge is -2.17. The van der Waals surface area contributed by atoms with Crippen LogP contribution >= 0.6 is 11.5 Å². The first-order valence-electron chi connectivity index (χ1n) is 4.96. The van der Waals surface area contributed by atoms with Crippen LogP contribution in [-0.2, 0) is 0 Å². The topological polar surface area (TPSA) is 16.1 Å². The van der Waals surface area contributed by atoms with Crippen molar-refractivity contribution < 1.29 is 0 Å². The van der Waals surface area contributed by atoms with Gasteiger partial charge in [-0.2, -0.15) is 4.37 Å². The molecule has 0 bridgehead atoms. The molecule has 2 nitrogen and oxygen atoms in total. The van der Waals surface area contributed by atoms with Crippen LogP contribution in [-0.4, -0.2) is 17.5 Å². The van der Waals surface area contributed by atoms with E-state index in [1.54, 1.807) is 11.5 Å². The van der Waals surface area contributed by atoms with Crippen molar-refractivity contribution in [3.8, 4) is 0 Å². The number of hydrogen-bond donors (Lipinski definition) is 0. The van der Waals surface area contributed by atoms with Crippen LogP contribution in [0.3, 0.4) is 0 Å². The van der Waals surface area contributed by atoms with Gasteiger partial charge in [0.05, 0.1) is 4.70 Å². The number of aromatic nitrogens is 1. The van der Waals surface area contributed by atoms with E-state index in [0.717, 1.165) is 18.9 Å². The molecule has 0 atom stereocenters. The number of anilines is 1. The van der Waals surface area contributed by atoms with Crippen molar-refractivity contribution in [1.82, 2.24) is 4.37 Å². The van der Waals surface area contributed by atoms with E-state index in [1.165, 1.54) is 10.1 Å². The third kappa shape index (κ3) is 1.48. The molecule has 14 heavy (non-hydrogen) atoms. The van der Waals surface area contributed by atoms with Gasteiger partial charge in [0, 0.05) is 18.5 Å². The molecule has 1 heterocycles. The first-order valence-corrected chi connectivity index (χ1v) is 5.73. The molecule has 0 fully saturated rings. The summed E-state index contributed by atoms with van der Waals surface area (Å²) < 4.78 is 5.78. The second kappa shape index (κ2) is 3.96. The van der Waals surface area contributed by atoms with E-state index in [1.807, 2.05) is 0 Å². The number of nitrogens with zero attached hydrogens (tertiary/aromatic N) is 2. The van der Waals surface area contributed by atoms with Crippen LogP contribution in [0.5, 0.6) is 0 Å². The van der Waals surface area contributed by atoms with E-state index in [2.05, 4.69) is 47.4 Å². The maximum Gasteiger partial charge on any atom is 0.150 e. The predicted molar refractivity (Wildman–Crippen MR) is 63.2 cm³/mol. The van der Waals surface area contributed by atoms with Crippen molar-refractivity contribution >= 4 is 27.4 Å². The number of rotatable bonds is 3. The minimum absolute atomic E-state index is 1.02. The Hall–Kier alpha value is -1.09. The van der Waals surface area contributed by atoms with Crippen molar-refractivity contribution in [2.45, 2.75) is 13.8 Å². The van der Waals surface area contributed by atoms with E-state index in [4.69, 9.17) is 0 Å². The van der Waals surface area contributed by atoms with Gasteiger partial charge in [0.15, 0.2) is 0 Å². The van der Waals surface area contributed by atoms with Gasteiger partial charge in [-0.3, -0.25) is 0 Å². The summed E-state index contributed by atoms with van der Waals surface area (Å²) in [5.41, 5.74) is 0. The van der Waals surface area contributed by atoms with Crippen LogP contribution in [0.2, 0.25) is 0 Å². The minimum Gasteiger partial charge on any atom is -0.356 e. The zero-order valence-corrected chi connectivity index (χ0v) is 9.34. The molecular weight excluding hydrogens is 192 g/mol. The Kier molecular flexibility index (Phi) is 2.68. The van der Waals surface area contributed by atoms with Crippen molar-refractivity contribution in [3.05, 3.63) is 24.3 Å². The van der Waals surface area contributed by atoms with Gasteiger partial charge in [-0.1, -0.05) is 12.1 Å². The van der Waals surface area contributed by atoms with E-state index in [0.29, 0.717) is 0 Å². The molecule has 0 radical (unpaired) electrons. The predicted octanol–water partition coefficient (Wildman–Crippen LogP) is 3.14. The van der Waals surface area contributed by atoms with Crippen LogP contribution in [0.15, 0.2) is 24.3 Å². The van der Waals surface area contributed by atoms with E-state index >= 15 is 0 Å².